The first-order valence-electron chi connectivity index (χ1n) is 6.26. The lowest BCUT2D eigenvalue weighted by Gasteiger charge is -2.17. The van der Waals surface area contributed by atoms with Crippen molar-refractivity contribution in [2.24, 2.45) is 5.92 Å². The summed E-state index contributed by atoms with van der Waals surface area (Å²) in [4.78, 5) is 0. The van der Waals surface area contributed by atoms with Gasteiger partial charge in [0.2, 0.25) is 0 Å². The summed E-state index contributed by atoms with van der Waals surface area (Å²) in [6, 6.07) is 8.30. The molecule has 0 amide bonds. The van der Waals surface area contributed by atoms with Crippen molar-refractivity contribution in [1.29, 1.82) is 0 Å². The molecular formula is C14H21NO2. The Kier molecular flexibility index (Phi) is 4.02. The van der Waals surface area contributed by atoms with Crippen molar-refractivity contribution in [2.75, 3.05) is 13.7 Å². The Morgan fingerprint density at radius 2 is 2.00 bits per heavy atom. The van der Waals surface area contributed by atoms with E-state index in [9.17, 15) is 5.11 Å². The van der Waals surface area contributed by atoms with Gasteiger partial charge in [0.25, 0.3) is 0 Å². The largest absolute Gasteiger partial charge is 0.497 e. The highest BCUT2D eigenvalue weighted by atomic mass is 16.5. The number of benzene rings is 1. The Bertz CT molecular complexity index is 346. The molecule has 2 unspecified atom stereocenters. The SMILES string of the molecule is COc1ccc(C(C)NCC(O)C2CC2)cc1. The number of methoxy groups -OCH3 is 1. The van der Waals surface area contributed by atoms with Crippen molar-refractivity contribution in [3.63, 3.8) is 0 Å². The third-order valence-corrected chi connectivity index (χ3v) is 3.42. The maximum absolute atomic E-state index is 9.78. The van der Waals surface area contributed by atoms with Gasteiger partial charge in [0.15, 0.2) is 0 Å². The van der Waals surface area contributed by atoms with Crippen LogP contribution >= 0.6 is 0 Å². The zero-order valence-electron chi connectivity index (χ0n) is 10.5. The summed E-state index contributed by atoms with van der Waals surface area (Å²) in [7, 11) is 1.67. The van der Waals surface area contributed by atoms with Gasteiger partial charge < -0.3 is 15.2 Å². The van der Waals surface area contributed by atoms with Crippen LogP contribution in [0.25, 0.3) is 0 Å². The summed E-state index contributed by atoms with van der Waals surface area (Å²) in [6.45, 7) is 2.79. The molecule has 0 aromatic heterocycles. The molecule has 1 aliphatic carbocycles. The molecule has 1 aromatic rings. The van der Waals surface area contributed by atoms with Crippen LogP contribution in [-0.2, 0) is 0 Å². The first kappa shape index (κ1) is 12.4. The standard InChI is InChI=1S/C14H21NO2/c1-10(15-9-14(16)12-3-4-12)11-5-7-13(17-2)8-6-11/h5-8,10,12,14-16H,3-4,9H2,1-2H3. The minimum atomic E-state index is -0.185. The van der Waals surface area contributed by atoms with Crippen LogP contribution in [0.15, 0.2) is 24.3 Å². The molecule has 2 atom stereocenters. The molecule has 0 aliphatic heterocycles. The normalized spacial score (nSPS) is 18.8. The average molecular weight is 235 g/mol. The van der Waals surface area contributed by atoms with Crippen molar-refractivity contribution >= 4 is 0 Å². The van der Waals surface area contributed by atoms with E-state index < -0.39 is 0 Å². The lowest BCUT2D eigenvalue weighted by molar-refractivity contribution is 0.145. The van der Waals surface area contributed by atoms with Gasteiger partial charge in [-0.1, -0.05) is 12.1 Å². The fraction of sp³-hybridized carbons (Fsp3) is 0.571. The minimum absolute atomic E-state index is 0.185. The molecule has 1 aromatic carbocycles. The third-order valence-electron chi connectivity index (χ3n) is 3.42. The Morgan fingerprint density at radius 1 is 1.35 bits per heavy atom. The molecule has 17 heavy (non-hydrogen) atoms. The van der Waals surface area contributed by atoms with Crippen LogP contribution in [0.3, 0.4) is 0 Å². The molecule has 0 heterocycles. The Hall–Kier alpha value is -1.06. The topological polar surface area (TPSA) is 41.5 Å². The van der Waals surface area contributed by atoms with Crippen molar-refractivity contribution in [1.82, 2.24) is 5.32 Å². The highest BCUT2D eigenvalue weighted by molar-refractivity contribution is 5.28. The van der Waals surface area contributed by atoms with Crippen molar-refractivity contribution in [3.05, 3.63) is 29.8 Å². The van der Waals surface area contributed by atoms with E-state index in [1.807, 2.05) is 12.1 Å². The van der Waals surface area contributed by atoms with E-state index in [1.54, 1.807) is 7.11 Å². The first-order chi connectivity index (χ1) is 8.20. The van der Waals surface area contributed by atoms with Crippen LogP contribution in [0.2, 0.25) is 0 Å². The van der Waals surface area contributed by atoms with Gasteiger partial charge in [-0.3, -0.25) is 0 Å². The van der Waals surface area contributed by atoms with Gasteiger partial charge in [-0.15, -0.1) is 0 Å². The summed E-state index contributed by atoms with van der Waals surface area (Å²) in [6.07, 6.45) is 2.18. The molecule has 2 rings (SSSR count). The van der Waals surface area contributed by atoms with Crippen LogP contribution in [0.5, 0.6) is 5.75 Å². The van der Waals surface area contributed by atoms with E-state index in [-0.39, 0.29) is 12.1 Å². The Labute approximate surface area is 103 Å². The van der Waals surface area contributed by atoms with E-state index in [0.29, 0.717) is 12.5 Å². The van der Waals surface area contributed by atoms with E-state index >= 15 is 0 Å². The molecule has 1 fully saturated rings. The predicted octanol–water partition coefficient (Wildman–Crippen LogP) is 2.12. The first-order valence-corrected chi connectivity index (χ1v) is 6.26. The van der Waals surface area contributed by atoms with Gasteiger partial charge in [-0.2, -0.15) is 0 Å². The maximum Gasteiger partial charge on any atom is 0.118 e. The lowest BCUT2D eigenvalue weighted by Crippen LogP contribution is -2.30. The molecule has 0 spiro atoms. The van der Waals surface area contributed by atoms with Gasteiger partial charge in [-0.05, 0) is 43.4 Å². The number of nitrogens with one attached hydrogen (secondary N) is 1. The van der Waals surface area contributed by atoms with E-state index in [4.69, 9.17) is 4.74 Å². The number of hydrogen-bond donors (Lipinski definition) is 2. The zero-order valence-corrected chi connectivity index (χ0v) is 10.5. The summed E-state index contributed by atoms with van der Waals surface area (Å²) in [5, 5.41) is 13.2. The number of rotatable bonds is 6. The molecule has 2 N–H and O–H groups in total. The minimum Gasteiger partial charge on any atom is -0.497 e. The number of ether oxygens (including phenoxy) is 1. The lowest BCUT2D eigenvalue weighted by atomic mass is 10.1. The second kappa shape index (κ2) is 5.52. The quantitative estimate of drug-likeness (QED) is 0.793. The molecule has 1 aliphatic rings. The van der Waals surface area contributed by atoms with Gasteiger partial charge in [0.05, 0.1) is 13.2 Å². The van der Waals surface area contributed by atoms with Crippen molar-refractivity contribution in [2.45, 2.75) is 31.9 Å². The number of aliphatic hydroxyl groups is 1. The Morgan fingerprint density at radius 3 is 2.53 bits per heavy atom. The van der Waals surface area contributed by atoms with E-state index in [1.165, 1.54) is 18.4 Å². The average Bonchev–Trinajstić information content (AvgIpc) is 3.20. The number of hydrogen-bond acceptors (Lipinski definition) is 3. The smallest absolute Gasteiger partial charge is 0.118 e. The van der Waals surface area contributed by atoms with Crippen LogP contribution < -0.4 is 10.1 Å². The maximum atomic E-state index is 9.78. The molecule has 0 saturated heterocycles. The molecule has 3 heteroatoms. The van der Waals surface area contributed by atoms with Gasteiger partial charge in [0, 0.05) is 12.6 Å². The molecule has 94 valence electrons. The van der Waals surface area contributed by atoms with E-state index in [2.05, 4.69) is 24.4 Å². The fourth-order valence-electron chi connectivity index (χ4n) is 1.96. The second-order valence-corrected chi connectivity index (χ2v) is 4.81. The summed E-state index contributed by atoms with van der Waals surface area (Å²) in [5.41, 5.74) is 1.22. The van der Waals surface area contributed by atoms with Crippen molar-refractivity contribution in [3.8, 4) is 5.75 Å². The molecule has 0 radical (unpaired) electrons. The highest BCUT2D eigenvalue weighted by Crippen LogP contribution is 2.32. The van der Waals surface area contributed by atoms with Crippen LogP contribution in [-0.4, -0.2) is 24.9 Å². The molecular weight excluding hydrogens is 214 g/mol. The fourth-order valence-corrected chi connectivity index (χ4v) is 1.96. The Balaban J connectivity index is 1.82. The summed E-state index contributed by atoms with van der Waals surface area (Å²) < 4.78 is 5.13. The highest BCUT2D eigenvalue weighted by Gasteiger charge is 2.29. The van der Waals surface area contributed by atoms with Crippen LogP contribution in [0, 0.1) is 5.92 Å². The monoisotopic (exact) mass is 235 g/mol. The molecule has 3 nitrogen and oxygen atoms in total. The van der Waals surface area contributed by atoms with Crippen molar-refractivity contribution < 1.29 is 9.84 Å². The molecule has 1 saturated carbocycles. The van der Waals surface area contributed by atoms with Gasteiger partial charge in [-0.25, -0.2) is 0 Å². The summed E-state index contributed by atoms with van der Waals surface area (Å²) in [5.74, 6) is 1.41. The number of aliphatic hydroxyl groups excluding tert-OH is 1. The van der Waals surface area contributed by atoms with Gasteiger partial charge in [0.1, 0.15) is 5.75 Å². The van der Waals surface area contributed by atoms with E-state index in [0.717, 1.165) is 5.75 Å². The van der Waals surface area contributed by atoms with Crippen LogP contribution in [0.4, 0.5) is 0 Å². The second-order valence-electron chi connectivity index (χ2n) is 4.81. The van der Waals surface area contributed by atoms with Crippen LogP contribution in [0.1, 0.15) is 31.4 Å². The molecule has 0 bridgehead atoms. The third kappa shape index (κ3) is 3.45. The zero-order chi connectivity index (χ0) is 12.3. The summed E-state index contributed by atoms with van der Waals surface area (Å²) >= 11 is 0. The van der Waals surface area contributed by atoms with Gasteiger partial charge >= 0.3 is 0 Å². The predicted molar refractivity (Wildman–Crippen MR) is 68.1 cm³/mol.